The van der Waals surface area contributed by atoms with E-state index in [-0.39, 0.29) is 6.54 Å². The van der Waals surface area contributed by atoms with Gasteiger partial charge < -0.3 is 20.7 Å². The molecule has 2 rings (SSSR count). The summed E-state index contributed by atoms with van der Waals surface area (Å²) in [5, 5.41) is 14.4. The molecule has 0 aliphatic carbocycles. The van der Waals surface area contributed by atoms with Crippen molar-refractivity contribution < 1.29 is 14.7 Å². The maximum atomic E-state index is 11.5. The van der Waals surface area contributed by atoms with Gasteiger partial charge in [-0.05, 0) is 19.9 Å². The van der Waals surface area contributed by atoms with Crippen LogP contribution in [0.5, 0.6) is 0 Å². The van der Waals surface area contributed by atoms with Crippen molar-refractivity contribution in [3.8, 4) is 0 Å². The molecule has 0 atom stereocenters. The van der Waals surface area contributed by atoms with Crippen molar-refractivity contribution in [1.82, 2.24) is 20.3 Å². The molecule has 0 saturated heterocycles. The third-order valence-electron chi connectivity index (χ3n) is 2.59. The van der Waals surface area contributed by atoms with E-state index in [1.165, 1.54) is 0 Å². The molecule has 8 heteroatoms. The van der Waals surface area contributed by atoms with Gasteiger partial charge in [0.05, 0.1) is 11.9 Å². The SMILES string of the molecule is Cc1nc(NCC(=O)NCC(=O)O)c2cc(C)[nH]c2n1. The Labute approximate surface area is 114 Å². The number of anilines is 1. The molecule has 0 fully saturated rings. The van der Waals surface area contributed by atoms with Crippen LogP contribution in [-0.2, 0) is 9.59 Å². The average molecular weight is 277 g/mol. The summed E-state index contributed by atoms with van der Waals surface area (Å²) in [5.41, 5.74) is 1.64. The smallest absolute Gasteiger partial charge is 0.322 e. The van der Waals surface area contributed by atoms with E-state index in [1.54, 1.807) is 6.92 Å². The highest BCUT2D eigenvalue weighted by atomic mass is 16.4. The number of nitrogens with zero attached hydrogens (tertiary/aromatic N) is 2. The van der Waals surface area contributed by atoms with Gasteiger partial charge in [0.1, 0.15) is 23.8 Å². The Morgan fingerprint density at radius 2 is 2.05 bits per heavy atom. The van der Waals surface area contributed by atoms with Gasteiger partial charge in [0.25, 0.3) is 0 Å². The Balaban J connectivity index is 2.09. The number of aromatic amines is 1. The van der Waals surface area contributed by atoms with Crippen LogP contribution in [0.15, 0.2) is 6.07 Å². The number of aromatic nitrogens is 3. The maximum absolute atomic E-state index is 11.5. The zero-order valence-electron chi connectivity index (χ0n) is 11.1. The number of carboxylic acids is 1. The minimum atomic E-state index is -1.08. The number of aliphatic carboxylic acids is 1. The van der Waals surface area contributed by atoms with Crippen LogP contribution in [0.2, 0.25) is 0 Å². The van der Waals surface area contributed by atoms with Crippen LogP contribution in [0.25, 0.3) is 11.0 Å². The van der Waals surface area contributed by atoms with E-state index in [0.29, 0.717) is 17.3 Å². The molecule has 0 saturated carbocycles. The Hall–Kier alpha value is -2.64. The summed E-state index contributed by atoms with van der Waals surface area (Å²) < 4.78 is 0. The highest BCUT2D eigenvalue weighted by Gasteiger charge is 2.10. The molecule has 2 aromatic heterocycles. The minimum absolute atomic E-state index is 0.0525. The van der Waals surface area contributed by atoms with Crippen molar-refractivity contribution in [2.75, 3.05) is 18.4 Å². The fourth-order valence-electron chi connectivity index (χ4n) is 1.79. The number of hydrogen-bond donors (Lipinski definition) is 4. The van der Waals surface area contributed by atoms with E-state index in [2.05, 4.69) is 25.6 Å². The number of amides is 1. The van der Waals surface area contributed by atoms with Crippen molar-refractivity contribution in [2.45, 2.75) is 13.8 Å². The van der Waals surface area contributed by atoms with E-state index in [1.807, 2.05) is 13.0 Å². The third kappa shape index (κ3) is 3.22. The maximum Gasteiger partial charge on any atom is 0.322 e. The lowest BCUT2D eigenvalue weighted by molar-refractivity contribution is -0.137. The van der Waals surface area contributed by atoms with Gasteiger partial charge in [-0.25, -0.2) is 9.97 Å². The van der Waals surface area contributed by atoms with Crippen molar-refractivity contribution in [1.29, 1.82) is 0 Å². The van der Waals surface area contributed by atoms with Crippen LogP contribution >= 0.6 is 0 Å². The number of carboxylic acid groups (broad SMARTS) is 1. The Morgan fingerprint density at radius 1 is 1.30 bits per heavy atom. The number of nitrogens with one attached hydrogen (secondary N) is 3. The molecular weight excluding hydrogens is 262 g/mol. The summed E-state index contributed by atoms with van der Waals surface area (Å²) in [6.07, 6.45) is 0. The molecular formula is C12H15N5O3. The highest BCUT2D eigenvalue weighted by molar-refractivity contribution is 5.90. The minimum Gasteiger partial charge on any atom is -0.480 e. The zero-order valence-corrected chi connectivity index (χ0v) is 11.1. The van der Waals surface area contributed by atoms with Gasteiger partial charge in [0.2, 0.25) is 5.91 Å². The molecule has 4 N–H and O–H groups in total. The predicted molar refractivity (Wildman–Crippen MR) is 72.5 cm³/mol. The third-order valence-corrected chi connectivity index (χ3v) is 2.59. The van der Waals surface area contributed by atoms with Crippen LogP contribution in [-0.4, -0.2) is 45.0 Å². The fraction of sp³-hybridized carbons (Fsp3) is 0.333. The Bertz CT molecular complexity index is 664. The van der Waals surface area contributed by atoms with Gasteiger partial charge in [-0.1, -0.05) is 0 Å². The first-order valence-corrected chi connectivity index (χ1v) is 6.02. The van der Waals surface area contributed by atoms with E-state index in [0.717, 1.165) is 11.1 Å². The second-order valence-corrected chi connectivity index (χ2v) is 4.36. The molecule has 0 spiro atoms. The summed E-state index contributed by atoms with van der Waals surface area (Å²) in [6, 6.07) is 1.88. The zero-order chi connectivity index (χ0) is 14.7. The number of fused-ring (bicyclic) bond motifs is 1. The molecule has 8 nitrogen and oxygen atoms in total. The monoisotopic (exact) mass is 277 g/mol. The van der Waals surface area contributed by atoms with Crippen molar-refractivity contribution in [3.05, 3.63) is 17.6 Å². The normalized spacial score (nSPS) is 10.5. The summed E-state index contributed by atoms with van der Waals surface area (Å²) in [5.74, 6) is -0.376. The Kier molecular flexibility index (Phi) is 3.83. The number of rotatable bonds is 5. The number of carbonyl (C=O) groups excluding carboxylic acids is 1. The van der Waals surface area contributed by atoms with Crippen molar-refractivity contribution in [2.24, 2.45) is 0 Å². The van der Waals surface area contributed by atoms with E-state index < -0.39 is 18.4 Å². The molecule has 106 valence electrons. The van der Waals surface area contributed by atoms with Crippen LogP contribution < -0.4 is 10.6 Å². The van der Waals surface area contributed by atoms with E-state index in [9.17, 15) is 9.59 Å². The van der Waals surface area contributed by atoms with Gasteiger partial charge in [0.15, 0.2) is 0 Å². The largest absolute Gasteiger partial charge is 0.480 e. The second kappa shape index (κ2) is 5.55. The average Bonchev–Trinajstić information content (AvgIpc) is 2.73. The number of H-pyrrole nitrogens is 1. The standard InChI is InChI=1S/C12H15N5O3/c1-6-3-8-11(16-7(2)17-12(8)15-6)14-4-9(18)13-5-10(19)20/h3H,4-5H2,1-2H3,(H,13,18)(H,19,20)(H2,14,15,16,17). The first kappa shape index (κ1) is 13.8. The number of aryl methyl sites for hydroxylation is 2. The number of hydrogen-bond acceptors (Lipinski definition) is 5. The van der Waals surface area contributed by atoms with E-state index >= 15 is 0 Å². The van der Waals surface area contributed by atoms with Crippen LogP contribution in [0, 0.1) is 13.8 Å². The molecule has 0 aromatic carbocycles. The quantitative estimate of drug-likeness (QED) is 0.619. The molecule has 0 aliphatic rings. The summed E-state index contributed by atoms with van der Waals surface area (Å²) >= 11 is 0. The predicted octanol–water partition coefficient (Wildman–Crippen LogP) is 0.187. The lowest BCUT2D eigenvalue weighted by Crippen LogP contribution is -2.34. The summed E-state index contributed by atoms with van der Waals surface area (Å²) in [6.45, 7) is 3.21. The topological polar surface area (TPSA) is 120 Å². The fourth-order valence-corrected chi connectivity index (χ4v) is 1.79. The van der Waals surface area contributed by atoms with Crippen LogP contribution in [0.4, 0.5) is 5.82 Å². The Morgan fingerprint density at radius 3 is 2.75 bits per heavy atom. The molecule has 0 unspecified atom stereocenters. The molecule has 2 aromatic rings. The number of carbonyl (C=O) groups is 2. The van der Waals surface area contributed by atoms with Gasteiger partial charge >= 0.3 is 5.97 Å². The first-order valence-electron chi connectivity index (χ1n) is 6.02. The molecule has 20 heavy (non-hydrogen) atoms. The van der Waals surface area contributed by atoms with Gasteiger partial charge in [0, 0.05) is 5.69 Å². The van der Waals surface area contributed by atoms with Crippen molar-refractivity contribution in [3.63, 3.8) is 0 Å². The lowest BCUT2D eigenvalue weighted by Gasteiger charge is -2.07. The molecule has 0 radical (unpaired) electrons. The van der Waals surface area contributed by atoms with Crippen molar-refractivity contribution >= 4 is 28.7 Å². The van der Waals surface area contributed by atoms with E-state index in [4.69, 9.17) is 5.11 Å². The first-order chi connectivity index (χ1) is 9.45. The van der Waals surface area contributed by atoms with Gasteiger partial charge in [-0.3, -0.25) is 9.59 Å². The molecule has 1 amide bonds. The summed E-state index contributed by atoms with van der Waals surface area (Å²) in [4.78, 5) is 33.4. The molecule has 0 bridgehead atoms. The van der Waals surface area contributed by atoms with Gasteiger partial charge in [-0.15, -0.1) is 0 Å². The molecule has 0 aliphatic heterocycles. The van der Waals surface area contributed by atoms with Crippen LogP contribution in [0.3, 0.4) is 0 Å². The van der Waals surface area contributed by atoms with Crippen LogP contribution in [0.1, 0.15) is 11.5 Å². The summed E-state index contributed by atoms with van der Waals surface area (Å²) in [7, 11) is 0. The second-order valence-electron chi connectivity index (χ2n) is 4.36. The molecule has 2 heterocycles. The lowest BCUT2D eigenvalue weighted by atomic mass is 10.3. The highest BCUT2D eigenvalue weighted by Crippen LogP contribution is 2.20. The van der Waals surface area contributed by atoms with Gasteiger partial charge in [-0.2, -0.15) is 0 Å².